The minimum absolute atomic E-state index is 0.0652. The molecule has 4 rings (SSSR count). The molecule has 1 atom stereocenters. The second kappa shape index (κ2) is 7.93. The van der Waals surface area contributed by atoms with Crippen molar-refractivity contribution in [3.8, 4) is 0 Å². The summed E-state index contributed by atoms with van der Waals surface area (Å²) in [5.41, 5.74) is 1.82. The van der Waals surface area contributed by atoms with E-state index in [1.807, 2.05) is 28.8 Å². The fourth-order valence-corrected chi connectivity index (χ4v) is 5.86. The van der Waals surface area contributed by atoms with E-state index >= 15 is 0 Å². The molecule has 28 heavy (non-hydrogen) atoms. The number of fused-ring (bicyclic) bond motifs is 1. The molecule has 0 aliphatic carbocycles. The van der Waals surface area contributed by atoms with Crippen molar-refractivity contribution in [2.75, 3.05) is 36.9 Å². The number of esters is 1. The normalized spacial score (nSPS) is 18.7. The summed E-state index contributed by atoms with van der Waals surface area (Å²) in [4.78, 5) is 34.6. The molecule has 0 spiro atoms. The number of nitrogens with zero attached hydrogens (tertiary/aromatic N) is 3. The number of carbonyl (C=O) groups is 2. The monoisotopic (exact) mass is 437 g/mol. The predicted octanol–water partition coefficient (Wildman–Crippen LogP) is 4.41. The Kier molecular flexibility index (Phi) is 5.53. The molecule has 1 aromatic heterocycles. The zero-order chi connectivity index (χ0) is 19.8. The number of aromatic nitrogens is 1. The standard InChI is InChI=1S/C19H20ClN3O3S2/c1-3-26-17(24)16-11(2)21-18(28-16)23-7-6-22(19(23)25)9-12-10-27-15-5-4-13(20)8-14(12)15/h4-5,8,12H,3,6-7,9-10H2,1-2H3. The van der Waals surface area contributed by atoms with Gasteiger partial charge in [-0.1, -0.05) is 22.9 Å². The molecule has 1 unspecified atom stereocenters. The maximum Gasteiger partial charge on any atom is 0.350 e. The number of thiazole rings is 1. The SMILES string of the molecule is CCOC(=O)c1sc(N2CCN(CC3CSc4ccc(Cl)cc43)C2=O)nc1C. The number of urea groups is 1. The largest absolute Gasteiger partial charge is 0.462 e. The number of thioether (sulfide) groups is 1. The molecular formula is C19H20ClN3O3S2. The molecule has 9 heteroatoms. The summed E-state index contributed by atoms with van der Waals surface area (Å²) < 4.78 is 5.07. The second-order valence-electron chi connectivity index (χ2n) is 6.70. The lowest BCUT2D eigenvalue weighted by Gasteiger charge is -2.21. The molecule has 148 valence electrons. The number of halogens is 1. The van der Waals surface area contributed by atoms with E-state index in [4.69, 9.17) is 16.3 Å². The molecular weight excluding hydrogens is 418 g/mol. The van der Waals surface area contributed by atoms with Gasteiger partial charge in [0.1, 0.15) is 4.88 Å². The van der Waals surface area contributed by atoms with Crippen LogP contribution in [0.25, 0.3) is 0 Å². The molecule has 1 saturated heterocycles. The Labute approximate surface area is 176 Å². The highest BCUT2D eigenvalue weighted by molar-refractivity contribution is 7.99. The Morgan fingerprint density at radius 2 is 2.21 bits per heavy atom. The molecule has 2 amide bonds. The van der Waals surface area contributed by atoms with Gasteiger partial charge in [-0.25, -0.2) is 14.6 Å². The average Bonchev–Trinajstić information content (AvgIpc) is 3.34. The van der Waals surface area contributed by atoms with Crippen LogP contribution in [-0.2, 0) is 4.74 Å². The van der Waals surface area contributed by atoms with Crippen molar-refractivity contribution in [1.29, 1.82) is 0 Å². The number of hydrogen-bond acceptors (Lipinski definition) is 6. The summed E-state index contributed by atoms with van der Waals surface area (Å²) in [7, 11) is 0. The third-order valence-corrected chi connectivity index (χ3v) is 7.51. The van der Waals surface area contributed by atoms with Crippen LogP contribution in [0.4, 0.5) is 9.93 Å². The van der Waals surface area contributed by atoms with Gasteiger partial charge in [-0.05, 0) is 37.6 Å². The molecule has 0 N–H and O–H groups in total. The van der Waals surface area contributed by atoms with Crippen LogP contribution in [0, 0.1) is 6.92 Å². The Hall–Kier alpha value is -1.77. The second-order valence-corrected chi connectivity index (χ2v) is 9.18. The molecule has 3 heterocycles. The number of aryl methyl sites for hydroxylation is 1. The highest BCUT2D eigenvalue weighted by atomic mass is 35.5. The quantitative estimate of drug-likeness (QED) is 0.648. The molecule has 6 nitrogen and oxygen atoms in total. The van der Waals surface area contributed by atoms with Gasteiger partial charge in [0, 0.05) is 41.2 Å². The number of benzene rings is 1. The maximum atomic E-state index is 13.0. The van der Waals surface area contributed by atoms with E-state index in [9.17, 15) is 9.59 Å². The number of hydrogen-bond donors (Lipinski definition) is 0. The van der Waals surface area contributed by atoms with E-state index in [1.54, 1.807) is 18.7 Å². The first-order valence-electron chi connectivity index (χ1n) is 9.11. The van der Waals surface area contributed by atoms with Gasteiger partial charge in [-0.3, -0.25) is 4.90 Å². The van der Waals surface area contributed by atoms with E-state index in [0.29, 0.717) is 41.9 Å². The first-order chi connectivity index (χ1) is 13.5. The summed E-state index contributed by atoms with van der Waals surface area (Å²) in [5, 5.41) is 1.28. The van der Waals surface area contributed by atoms with E-state index in [0.717, 1.165) is 10.8 Å². The Morgan fingerprint density at radius 3 is 3.00 bits per heavy atom. The number of anilines is 1. The van der Waals surface area contributed by atoms with Crippen LogP contribution >= 0.6 is 34.7 Å². The van der Waals surface area contributed by atoms with Crippen LogP contribution in [0.5, 0.6) is 0 Å². The average molecular weight is 438 g/mol. The molecule has 2 aliphatic rings. The summed E-state index contributed by atoms with van der Waals surface area (Å²) in [6.45, 7) is 5.71. The van der Waals surface area contributed by atoms with Crippen LogP contribution < -0.4 is 4.90 Å². The van der Waals surface area contributed by atoms with Gasteiger partial charge >= 0.3 is 12.0 Å². The number of ether oxygens (including phenoxy) is 1. The lowest BCUT2D eigenvalue weighted by atomic mass is 10.0. The number of rotatable bonds is 5. The van der Waals surface area contributed by atoms with Gasteiger partial charge in [-0.2, -0.15) is 0 Å². The predicted molar refractivity (Wildman–Crippen MR) is 112 cm³/mol. The van der Waals surface area contributed by atoms with Gasteiger partial charge in [0.05, 0.1) is 12.3 Å². The first-order valence-corrected chi connectivity index (χ1v) is 11.3. The third kappa shape index (κ3) is 3.60. The molecule has 2 aliphatic heterocycles. The topological polar surface area (TPSA) is 62.7 Å². The zero-order valence-corrected chi connectivity index (χ0v) is 18.0. The van der Waals surface area contributed by atoms with Gasteiger partial charge in [-0.15, -0.1) is 11.8 Å². The van der Waals surface area contributed by atoms with Crippen molar-refractivity contribution in [2.24, 2.45) is 0 Å². The van der Waals surface area contributed by atoms with E-state index in [-0.39, 0.29) is 17.9 Å². The highest BCUT2D eigenvalue weighted by Crippen LogP contribution is 2.41. The fraction of sp³-hybridized carbons (Fsp3) is 0.421. The lowest BCUT2D eigenvalue weighted by molar-refractivity contribution is 0.0531. The molecule has 0 bridgehead atoms. The number of amides is 2. The van der Waals surface area contributed by atoms with Crippen LogP contribution in [0.15, 0.2) is 23.1 Å². The Balaban J connectivity index is 1.47. The van der Waals surface area contributed by atoms with Crippen molar-refractivity contribution < 1.29 is 14.3 Å². The van der Waals surface area contributed by atoms with Gasteiger partial charge in [0.15, 0.2) is 5.13 Å². The smallest absolute Gasteiger partial charge is 0.350 e. The fourth-order valence-electron chi connectivity index (χ4n) is 3.48. The summed E-state index contributed by atoms with van der Waals surface area (Å²) in [5.74, 6) is 0.836. The van der Waals surface area contributed by atoms with E-state index < -0.39 is 0 Å². The maximum absolute atomic E-state index is 13.0. The highest BCUT2D eigenvalue weighted by Gasteiger charge is 2.35. The van der Waals surface area contributed by atoms with Gasteiger partial charge in [0.25, 0.3) is 0 Å². The first kappa shape index (κ1) is 19.5. The van der Waals surface area contributed by atoms with Crippen molar-refractivity contribution in [3.63, 3.8) is 0 Å². The molecule has 1 fully saturated rings. The minimum atomic E-state index is -0.385. The Bertz CT molecular complexity index is 933. The van der Waals surface area contributed by atoms with Crippen LogP contribution in [0.3, 0.4) is 0 Å². The molecule has 2 aromatic rings. The van der Waals surface area contributed by atoms with E-state index in [2.05, 4.69) is 11.1 Å². The van der Waals surface area contributed by atoms with Gasteiger partial charge in [0.2, 0.25) is 0 Å². The molecule has 1 aromatic carbocycles. The van der Waals surface area contributed by atoms with E-state index in [1.165, 1.54) is 21.8 Å². The third-order valence-electron chi connectivity index (χ3n) is 4.86. The molecule has 0 saturated carbocycles. The molecule has 0 radical (unpaired) electrons. The van der Waals surface area contributed by atoms with Crippen LogP contribution in [0.1, 0.15) is 33.8 Å². The van der Waals surface area contributed by atoms with Crippen LogP contribution in [0.2, 0.25) is 5.02 Å². The van der Waals surface area contributed by atoms with Crippen LogP contribution in [-0.4, -0.2) is 53.9 Å². The minimum Gasteiger partial charge on any atom is -0.462 e. The zero-order valence-electron chi connectivity index (χ0n) is 15.6. The summed E-state index contributed by atoms with van der Waals surface area (Å²) in [6.07, 6.45) is 0. The van der Waals surface area contributed by atoms with Crippen molar-refractivity contribution >= 4 is 51.8 Å². The summed E-state index contributed by atoms with van der Waals surface area (Å²) >= 11 is 9.18. The van der Waals surface area contributed by atoms with Crippen molar-refractivity contribution in [1.82, 2.24) is 9.88 Å². The Morgan fingerprint density at radius 1 is 1.39 bits per heavy atom. The van der Waals surface area contributed by atoms with Gasteiger partial charge < -0.3 is 9.64 Å². The van der Waals surface area contributed by atoms with Crippen molar-refractivity contribution in [2.45, 2.75) is 24.7 Å². The lowest BCUT2D eigenvalue weighted by Crippen LogP contribution is -2.34. The van der Waals surface area contributed by atoms with Crippen molar-refractivity contribution in [3.05, 3.63) is 39.4 Å². The number of carbonyl (C=O) groups excluding carboxylic acids is 2. The summed E-state index contributed by atoms with van der Waals surface area (Å²) in [6, 6.07) is 5.90.